The molecule has 0 aliphatic heterocycles. The molecule has 4 N–H and O–H groups in total. The monoisotopic (exact) mass is 494 g/mol. The van der Waals surface area contributed by atoms with E-state index in [1.54, 1.807) is 42.5 Å². The minimum absolute atomic E-state index is 0.0184. The van der Waals surface area contributed by atoms with E-state index < -0.39 is 18.4 Å². The topological polar surface area (TPSA) is 94.6 Å². The van der Waals surface area contributed by atoms with Crippen molar-refractivity contribution in [2.45, 2.75) is 24.9 Å². The molecular weight excluding hydrogens is 466 g/mol. The Bertz CT molecular complexity index is 1340. The van der Waals surface area contributed by atoms with Gasteiger partial charge in [0.05, 0.1) is 18.2 Å². The first-order valence-corrected chi connectivity index (χ1v) is 11.7. The maximum atomic E-state index is 14.2. The van der Waals surface area contributed by atoms with Gasteiger partial charge in [-0.25, -0.2) is 8.78 Å². The number of benzene rings is 3. The Morgan fingerprint density at radius 3 is 2.47 bits per heavy atom. The van der Waals surface area contributed by atoms with Crippen molar-refractivity contribution in [3.05, 3.63) is 106 Å². The molecule has 0 amide bonds. The van der Waals surface area contributed by atoms with E-state index in [-0.39, 0.29) is 30.0 Å². The Balaban J connectivity index is 1.22. The van der Waals surface area contributed by atoms with Gasteiger partial charge in [0.15, 0.2) is 0 Å². The van der Waals surface area contributed by atoms with Crippen molar-refractivity contribution in [2.24, 2.45) is 0 Å². The van der Waals surface area contributed by atoms with Gasteiger partial charge in [0.1, 0.15) is 11.5 Å². The number of nitrogens with one attached hydrogen (secondary N) is 2. The largest absolute Gasteiger partial charge is 0.506 e. The van der Waals surface area contributed by atoms with E-state index in [9.17, 15) is 23.8 Å². The van der Waals surface area contributed by atoms with Crippen molar-refractivity contribution in [1.29, 1.82) is 0 Å². The van der Waals surface area contributed by atoms with Gasteiger partial charge in [0.2, 0.25) is 5.56 Å². The van der Waals surface area contributed by atoms with Gasteiger partial charge in [-0.2, -0.15) is 0 Å². The van der Waals surface area contributed by atoms with Gasteiger partial charge in [-0.1, -0.05) is 48.5 Å². The molecule has 0 fully saturated rings. The first-order valence-electron chi connectivity index (χ1n) is 11.7. The zero-order valence-corrected chi connectivity index (χ0v) is 19.6. The standard InChI is InChI=1S/C28H28F2N2O4/c29-28(30,20-4-2-1-3-5-20)15-17-36-21-8-6-19(7-9-21)14-16-31-18-25(34)22-10-12-24(33)27-23(22)11-13-26(35)32-27/h1-13,25,31,33-34H,14-18H2,(H,32,35)/t25-/m0/s1. The number of alkyl halides is 2. The average Bonchev–Trinajstić information content (AvgIpc) is 2.88. The molecule has 0 spiro atoms. The van der Waals surface area contributed by atoms with Crippen molar-refractivity contribution < 1.29 is 23.7 Å². The molecule has 6 nitrogen and oxygen atoms in total. The van der Waals surface area contributed by atoms with Gasteiger partial charge in [0.25, 0.3) is 5.92 Å². The summed E-state index contributed by atoms with van der Waals surface area (Å²) in [6.07, 6.45) is -0.538. The molecule has 188 valence electrons. The molecule has 1 aromatic heterocycles. The molecule has 3 aromatic carbocycles. The van der Waals surface area contributed by atoms with E-state index in [1.807, 2.05) is 12.1 Å². The van der Waals surface area contributed by atoms with Crippen molar-refractivity contribution in [3.63, 3.8) is 0 Å². The summed E-state index contributed by atoms with van der Waals surface area (Å²) < 4.78 is 34.0. The fourth-order valence-corrected chi connectivity index (χ4v) is 4.01. The smallest absolute Gasteiger partial charge is 0.276 e. The van der Waals surface area contributed by atoms with Crippen LogP contribution in [0.4, 0.5) is 8.78 Å². The SMILES string of the molecule is O=c1ccc2c([C@@H](O)CNCCc3ccc(OCCC(F)(F)c4ccccc4)cc3)ccc(O)c2[nH]1. The summed E-state index contributed by atoms with van der Waals surface area (Å²) >= 11 is 0. The van der Waals surface area contributed by atoms with Crippen LogP contribution in [0.5, 0.6) is 11.5 Å². The molecule has 36 heavy (non-hydrogen) atoms. The van der Waals surface area contributed by atoms with Crippen molar-refractivity contribution in [1.82, 2.24) is 10.3 Å². The minimum atomic E-state index is -2.94. The van der Waals surface area contributed by atoms with E-state index in [0.29, 0.717) is 35.2 Å². The van der Waals surface area contributed by atoms with E-state index in [0.717, 1.165) is 5.56 Å². The summed E-state index contributed by atoms with van der Waals surface area (Å²) in [5.74, 6) is -2.46. The Hall–Kier alpha value is -3.75. The van der Waals surface area contributed by atoms with Gasteiger partial charge in [-0.3, -0.25) is 4.79 Å². The van der Waals surface area contributed by atoms with Gasteiger partial charge in [-0.15, -0.1) is 0 Å². The Morgan fingerprint density at radius 2 is 1.72 bits per heavy atom. The first kappa shape index (κ1) is 25.3. The van der Waals surface area contributed by atoms with E-state index >= 15 is 0 Å². The summed E-state index contributed by atoms with van der Waals surface area (Å²) in [6, 6.07) is 21.0. The van der Waals surface area contributed by atoms with Gasteiger partial charge in [0, 0.05) is 30.0 Å². The van der Waals surface area contributed by atoms with Crippen LogP contribution < -0.4 is 15.6 Å². The molecule has 0 radical (unpaired) electrons. The molecular formula is C28H28F2N2O4. The third kappa shape index (κ3) is 6.27. The number of aromatic hydroxyl groups is 1. The lowest BCUT2D eigenvalue weighted by atomic mass is 10.0. The van der Waals surface area contributed by atoms with Crippen LogP contribution in [0.1, 0.15) is 29.2 Å². The van der Waals surface area contributed by atoms with Crippen LogP contribution in [0.15, 0.2) is 83.7 Å². The molecule has 1 atom stereocenters. The quantitative estimate of drug-likeness (QED) is 0.228. The number of fused-ring (bicyclic) bond motifs is 1. The number of aromatic amines is 1. The molecule has 8 heteroatoms. The summed E-state index contributed by atoms with van der Waals surface area (Å²) in [4.78, 5) is 14.1. The second kappa shape index (κ2) is 11.3. The lowest BCUT2D eigenvalue weighted by Crippen LogP contribution is -2.24. The third-order valence-corrected chi connectivity index (χ3v) is 6.00. The number of pyridine rings is 1. The van der Waals surface area contributed by atoms with E-state index in [2.05, 4.69) is 10.3 Å². The van der Waals surface area contributed by atoms with Crippen LogP contribution >= 0.6 is 0 Å². The van der Waals surface area contributed by atoms with Crippen molar-refractivity contribution in [2.75, 3.05) is 19.7 Å². The third-order valence-electron chi connectivity index (χ3n) is 6.00. The minimum Gasteiger partial charge on any atom is -0.506 e. The molecule has 1 heterocycles. The summed E-state index contributed by atoms with van der Waals surface area (Å²) in [5, 5.41) is 24.4. The summed E-state index contributed by atoms with van der Waals surface area (Å²) in [5.41, 5.74) is 1.59. The van der Waals surface area contributed by atoms with Crippen LogP contribution in [0.25, 0.3) is 10.9 Å². The molecule has 0 bridgehead atoms. The number of phenolic OH excluding ortho intramolecular Hbond substituents is 1. The van der Waals surface area contributed by atoms with Crippen LogP contribution in [0, 0.1) is 0 Å². The lowest BCUT2D eigenvalue weighted by Gasteiger charge is -2.17. The number of halogens is 2. The van der Waals surface area contributed by atoms with E-state index in [4.69, 9.17) is 4.74 Å². The predicted octanol–water partition coefficient (Wildman–Crippen LogP) is 4.66. The molecule has 0 saturated heterocycles. The van der Waals surface area contributed by atoms with Crippen molar-refractivity contribution >= 4 is 10.9 Å². The zero-order chi connectivity index (χ0) is 25.5. The maximum absolute atomic E-state index is 14.2. The molecule has 0 aliphatic rings. The number of hydrogen-bond acceptors (Lipinski definition) is 5. The number of aromatic nitrogens is 1. The Kier molecular flexibility index (Phi) is 7.97. The zero-order valence-electron chi connectivity index (χ0n) is 19.6. The number of rotatable bonds is 11. The van der Waals surface area contributed by atoms with Gasteiger partial charge < -0.3 is 25.3 Å². The summed E-state index contributed by atoms with van der Waals surface area (Å²) in [6.45, 7) is 0.795. The van der Waals surface area contributed by atoms with Gasteiger partial charge in [-0.05, 0) is 48.4 Å². The maximum Gasteiger partial charge on any atom is 0.276 e. The molecule has 0 saturated carbocycles. The number of ether oxygens (including phenoxy) is 1. The molecule has 4 aromatic rings. The van der Waals surface area contributed by atoms with Gasteiger partial charge >= 0.3 is 0 Å². The predicted molar refractivity (Wildman–Crippen MR) is 135 cm³/mol. The number of aliphatic hydroxyl groups is 1. The fourth-order valence-electron chi connectivity index (χ4n) is 4.01. The Labute approximate surface area is 207 Å². The Morgan fingerprint density at radius 1 is 0.972 bits per heavy atom. The second-order valence-corrected chi connectivity index (χ2v) is 8.57. The van der Waals surface area contributed by atoms with Crippen LogP contribution in [0.3, 0.4) is 0 Å². The fraction of sp³-hybridized carbons (Fsp3) is 0.250. The highest BCUT2D eigenvalue weighted by molar-refractivity contribution is 5.87. The highest BCUT2D eigenvalue weighted by Crippen LogP contribution is 2.31. The highest BCUT2D eigenvalue weighted by Gasteiger charge is 2.31. The van der Waals surface area contributed by atoms with E-state index in [1.165, 1.54) is 24.3 Å². The van der Waals surface area contributed by atoms with Crippen LogP contribution in [-0.2, 0) is 12.3 Å². The normalized spacial score (nSPS) is 12.5. The van der Waals surface area contributed by atoms with Crippen molar-refractivity contribution in [3.8, 4) is 11.5 Å². The number of H-pyrrole nitrogens is 1. The molecule has 0 unspecified atom stereocenters. The summed E-state index contributed by atoms with van der Waals surface area (Å²) in [7, 11) is 0. The second-order valence-electron chi connectivity index (χ2n) is 8.57. The lowest BCUT2D eigenvalue weighted by molar-refractivity contribution is -0.0242. The molecule has 4 rings (SSSR count). The van der Waals surface area contributed by atoms with Crippen LogP contribution in [-0.4, -0.2) is 34.9 Å². The van der Waals surface area contributed by atoms with Crippen LogP contribution in [0.2, 0.25) is 0 Å². The number of aliphatic hydroxyl groups excluding tert-OH is 1. The number of hydrogen-bond donors (Lipinski definition) is 4. The first-order chi connectivity index (χ1) is 17.3. The average molecular weight is 495 g/mol. The number of phenols is 1. The highest BCUT2D eigenvalue weighted by atomic mass is 19.3. The molecule has 0 aliphatic carbocycles.